The molecule has 0 aliphatic heterocycles. The number of anilines is 2. The van der Waals surface area contributed by atoms with Gasteiger partial charge in [-0.2, -0.15) is 0 Å². The number of alkyl carbamates (subject to hydrolysis) is 1. The highest BCUT2D eigenvalue weighted by Gasteiger charge is 2.23. The number of phenols is 1. The average Bonchev–Trinajstić information content (AvgIpc) is 3.47. The van der Waals surface area contributed by atoms with E-state index >= 15 is 0 Å². The summed E-state index contributed by atoms with van der Waals surface area (Å²) in [6, 6.07) is 51.7. The van der Waals surface area contributed by atoms with Crippen molar-refractivity contribution in [3.05, 3.63) is 205 Å². The maximum Gasteiger partial charge on any atom is 0.407 e. The number of carbonyl (C=O) groups is 3. The second-order valence-corrected chi connectivity index (χ2v) is 19.1. The molecule has 0 saturated heterocycles. The highest BCUT2D eigenvalue weighted by atomic mass is 16.6. The molecule has 0 fully saturated rings. The van der Waals surface area contributed by atoms with Crippen molar-refractivity contribution < 1.29 is 47.9 Å². The van der Waals surface area contributed by atoms with Crippen molar-refractivity contribution in [2.45, 2.75) is 78.4 Å². The molecule has 17 nitrogen and oxygen atoms in total. The smallest absolute Gasteiger partial charge is 0.407 e. The minimum atomic E-state index is -0.703. The fourth-order valence-electron chi connectivity index (χ4n) is 7.90. The van der Waals surface area contributed by atoms with Crippen LogP contribution in [0.4, 0.5) is 16.4 Å². The van der Waals surface area contributed by atoms with E-state index in [0.717, 1.165) is 44.9 Å². The first kappa shape index (κ1) is 58.2. The third kappa shape index (κ3) is 19.5. The Balaban J connectivity index is 0.000000238. The summed E-state index contributed by atoms with van der Waals surface area (Å²) in [5.74, 6) is 2.47. The van der Waals surface area contributed by atoms with E-state index in [1.165, 1.54) is 12.7 Å². The molecule has 0 spiro atoms. The number of carbonyl (C=O) groups excluding carboxylic acids is 3. The monoisotopic (exact) mass is 1080 g/mol. The summed E-state index contributed by atoms with van der Waals surface area (Å²) in [7, 11) is 0. The molecule has 2 aromatic heterocycles. The van der Waals surface area contributed by atoms with E-state index in [-0.39, 0.29) is 32.1 Å². The van der Waals surface area contributed by atoms with Gasteiger partial charge < -0.3 is 49.5 Å². The molecule has 0 aliphatic rings. The van der Waals surface area contributed by atoms with Gasteiger partial charge in [-0.3, -0.25) is 0 Å². The van der Waals surface area contributed by atoms with Crippen LogP contribution in [-0.2, 0) is 49.9 Å². The number of phenolic OH excluding ortho intramolecular Hbond substituents is 1. The Bertz CT molecular complexity index is 3200. The van der Waals surface area contributed by atoms with Gasteiger partial charge in [-0.1, -0.05) is 84.9 Å². The molecule has 0 aliphatic carbocycles. The molecule has 0 radical (unpaired) electrons. The second kappa shape index (κ2) is 29.9. The minimum absolute atomic E-state index is 0.144. The molecule has 414 valence electrons. The lowest BCUT2D eigenvalue weighted by Gasteiger charge is -2.20. The van der Waals surface area contributed by atoms with Crippen LogP contribution < -0.4 is 30.2 Å². The molecule has 0 saturated carbocycles. The number of nitrogens with one attached hydrogen (secondary N) is 3. The number of rotatable bonds is 24. The first-order chi connectivity index (χ1) is 38.8. The van der Waals surface area contributed by atoms with Crippen molar-refractivity contribution in [3.63, 3.8) is 0 Å². The third-order valence-corrected chi connectivity index (χ3v) is 11.6. The zero-order valence-electron chi connectivity index (χ0n) is 45.5. The summed E-state index contributed by atoms with van der Waals surface area (Å²) >= 11 is 0. The van der Waals surface area contributed by atoms with Gasteiger partial charge in [-0.25, -0.2) is 34.3 Å². The first-order valence-electron chi connectivity index (χ1n) is 26.3. The van der Waals surface area contributed by atoms with Crippen LogP contribution in [0, 0.1) is 0 Å². The Morgan fingerprint density at radius 2 is 0.975 bits per heavy atom. The number of nitrogens with zero attached hydrogens (tertiary/aromatic N) is 4. The van der Waals surface area contributed by atoms with E-state index in [1.54, 1.807) is 65.0 Å². The Hall–Kier alpha value is -9.51. The summed E-state index contributed by atoms with van der Waals surface area (Å²) < 4.78 is 33.4. The van der Waals surface area contributed by atoms with Crippen LogP contribution in [0.5, 0.6) is 23.0 Å². The van der Waals surface area contributed by atoms with Crippen molar-refractivity contribution in [3.8, 4) is 45.5 Å². The van der Waals surface area contributed by atoms with E-state index in [9.17, 15) is 19.5 Å². The topological polar surface area (TPSA) is 214 Å². The Morgan fingerprint density at radius 3 is 1.44 bits per heavy atom. The first-order valence-corrected chi connectivity index (χ1v) is 26.3. The molecule has 8 rings (SSSR count). The summed E-state index contributed by atoms with van der Waals surface area (Å²) in [6.45, 7) is 11.0. The fraction of sp³-hybridized carbons (Fsp3) is 0.254. The van der Waals surface area contributed by atoms with Crippen molar-refractivity contribution in [2.24, 2.45) is 0 Å². The van der Waals surface area contributed by atoms with Crippen molar-refractivity contribution in [2.75, 3.05) is 37.0 Å². The molecular weight excluding hydrogens is 1010 g/mol. The second-order valence-electron chi connectivity index (χ2n) is 19.1. The number of esters is 2. The molecule has 2 unspecified atom stereocenters. The fourth-order valence-corrected chi connectivity index (χ4v) is 7.90. The van der Waals surface area contributed by atoms with Gasteiger partial charge in [0.15, 0.2) is 0 Å². The van der Waals surface area contributed by atoms with Crippen LogP contribution in [0.2, 0.25) is 0 Å². The van der Waals surface area contributed by atoms with Crippen molar-refractivity contribution in [1.82, 2.24) is 25.3 Å². The zero-order chi connectivity index (χ0) is 56.5. The van der Waals surface area contributed by atoms with E-state index in [0.29, 0.717) is 54.8 Å². The van der Waals surface area contributed by atoms with Gasteiger partial charge in [0.2, 0.25) is 0 Å². The van der Waals surface area contributed by atoms with Gasteiger partial charge in [0.05, 0.1) is 31.1 Å². The summed E-state index contributed by atoms with van der Waals surface area (Å²) in [5, 5.41) is 18.8. The number of amides is 1. The SMILES string of the molecule is CCOC(=O)C(Cc1cccc(O)c1)Nc1cc(-c2ccc(OCc3ccccc3)cc2)ncn1.CCOC(=O)C(Cc1cccc(OCCNC(=O)OC(C)(C)C)c1)Nc1cc(-c2ccc(OCc3ccccc3)cc2)ncn1. The summed E-state index contributed by atoms with van der Waals surface area (Å²) in [5.41, 5.74) is 6.46. The van der Waals surface area contributed by atoms with Crippen LogP contribution in [-0.4, -0.2) is 87.1 Å². The summed E-state index contributed by atoms with van der Waals surface area (Å²) in [4.78, 5) is 54.8. The Labute approximate surface area is 466 Å². The molecule has 4 N–H and O–H groups in total. The molecule has 2 heterocycles. The number of aromatic hydroxyl groups is 1. The molecule has 8 aromatic rings. The van der Waals surface area contributed by atoms with Gasteiger partial charge >= 0.3 is 18.0 Å². The molecular formula is C63H67N7O10. The van der Waals surface area contributed by atoms with Gasteiger partial charge in [0.1, 0.15) is 84.8 Å². The number of benzene rings is 6. The molecule has 17 heteroatoms. The highest BCUT2D eigenvalue weighted by Crippen LogP contribution is 2.26. The maximum atomic E-state index is 12.9. The van der Waals surface area contributed by atoms with Gasteiger partial charge in [-0.15, -0.1) is 0 Å². The van der Waals surface area contributed by atoms with Crippen LogP contribution in [0.1, 0.15) is 56.9 Å². The summed E-state index contributed by atoms with van der Waals surface area (Å²) in [6.07, 6.45) is 3.08. The predicted molar refractivity (Wildman–Crippen MR) is 306 cm³/mol. The largest absolute Gasteiger partial charge is 0.508 e. The number of hydrogen-bond donors (Lipinski definition) is 4. The minimum Gasteiger partial charge on any atom is -0.508 e. The lowest BCUT2D eigenvalue weighted by Crippen LogP contribution is -2.34. The number of hydrogen-bond acceptors (Lipinski definition) is 16. The van der Waals surface area contributed by atoms with Gasteiger partial charge in [0.25, 0.3) is 0 Å². The lowest BCUT2D eigenvalue weighted by molar-refractivity contribution is -0.144. The number of aromatic nitrogens is 4. The van der Waals surface area contributed by atoms with Gasteiger partial charge in [0, 0.05) is 36.1 Å². The van der Waals surface area contributed by atoms with E-state index in [4.69, 9.17) is 28.4 Å². The van der Waals surface area contributed by atoms with Crippen LogP contribution in [0.15, 0.2) is 183 Å². The number of ether oxygens (including phenoxy) is 6. The zero-order valence-corrected chi connectivity index (χ0v) is 45.5. The van der Waals surface area contributed by atoms with Crippen LogP contribution >= 0.6 is 0 Å². The van der Waals surface area contributed by atoms with E-state index in [2.05, 4.69) is 35.9 Å². The molecule has 80 heavy (non-hydrogen) atoms. The molecule has 2 atom stereocenters. The van der Waals surface area contributed by atoms with Crippen molar-refractivity contribution in [1.29, 1.82) is 0 Å². The Morgan fingerprint density at radius 1 is 0.512 bits per heavy atom. The average molecular weight is 1080 g/mol. The van der Waals surface area contributed by atoms with Crippen LogP contribution in [0.25, 0.3) is 22.5 Å². The predicted octanol–water partition coefficient (Wildman–Crippen LogP) is 11.2. The van der Waals surface area contributed by atoms with E-state index < -0.39 is 35.7 Å². The third-order valence-electron chi connectivity index (χ3n) is 11.6. The molecule has 6 aromatic carbocycles. The van der Waals surface area contributed by atoms with Gasteiger partial charge in [-0.05, 0) is 130 Å². The highest BCUT2D eigenvalue weighted by molar-refractivity contribution is 5.80. The van der Waals surface area contributed by atoms with E-state index in [1.807, 2.05) is 140 Å². The quantitative estimate of drug-likeness (QED) is 0.0251. The lowest BCUT2D eigenvalue weighted by atomic mass is 10.1. The molecule has 1 amide bonds. The maximum absolute atomic E-state index is 12.9. The normalized spacial score (nSPS) is 11.6. The Kier molecular flexibility index (Phi) is 21.7. The van der Waals surface area contributed by atoms with Crippen LogP contribution in [0.3, 0.4) is 0 Å². The molecule has 0 bridgehead atoms. The standard InChI is InChI=1S/C35H40N4O6.C28H27N3O4/c1-5-42-33(40)31(21-26-12-9-13-29(20-26)43-19-18-36-34(41)45-35(2,3)4)39-32-22-30(37-24-38-32)27-14-16-28(17-15-27)44-23-25-10-7-6-8-11-25;1-2-34-28(33)26(16-21-9-6-10-23(32)15-21)31-27-17-25(29-19-30-27)22-11-13-24(14-12-22)35-18-20-7-4-3-5-8-20/h6-17,20,22,24,31H,5,18-19,21,23H2,1-4H3,(H,36,41)(H,37,38,39);3-15,17,19,26,32H,2,16,18H2,1H3,(H,29,30,31). The van der Waals surface area contributed by atoms with Crippen molar-refractivity contribution >= 4 is 29.7 Å².